The number of aryl methyl sites for hydroxylation is 6. The van der Waals surface area contributed by atoms with Crippen LogP contribution in [0.25, 0.3) is 78.6 Å². The molecule has 2 aliphatic heterocycles. The van der Waals surface area contributed by atoms with Gasteiger partial charge in [-0.1, -0.05) is 103 Å². The summed E-state index contributed by atoms with van der Waals surface area (Å²) in [6.07, 6.45) is 4.32. The van der Waals surface area contributed by atoms with Crippen LogP contribution in [0.2, 0.25) is 0 Å². The molecule has 6 heteroatoms. The predicted molar refractivity (Wildman–Crippen MR) is 284 cm³/mol. The second kappa shape index (κ2) is 15.2. The van der Waals surface area contributed by atoms with E-state index in [4.69, 9.17) is 9.72 Å². The van der Waals surface area contributed by atoms with Crippen molar-refractivity contribution in [2.45, 2.75) is 113 Å². The Kier molecular flexibility index (Phi) is 10.1. The van der Waals surface area contributed by atoms with Crippen LogP contribution in [-0.4, -0.2) is 19.9 Å². The fourth-order valence-corrected chi connectivity index (χ4v) is 11.3. The van der Waals surface area contributed by atoms with Gasteiger partial charge in [0.1, 0.15) is 11.5 Å². The van der Waals surface area contributed by atoms with Crippen LogP contribution in [0.5, 0.6) is 11.5 Å². The minimum Gasteiger partial charge on any atom is -0.455 e. The van der Waals surface area contributed by atoms with E-state index in [0.29, 0.717) is 0 Å². The Labute approximate surface area is 398 Å². The average Bonchev–Trinajstić information content (AvgIpc) is 4.06. The molecule has 4 aromatic carbocycles. The highest BCUT2D eigenvalue weighted by atomic mass is 79.9. The van der Waals surface area contributed by atoms with Gasteiger partial charge >= 0.3 is 0 Å². The van der Waals surface area contributed by atoms with Gasteiger partial charge in [-0.05, 0) is 173 Å². The van der Waals surface area contributed by atoms with E-state index < -0.39 is 0 Å². The predicted octanol–water partition coefficient (Wildman–Crippen LogP) is 17.3. The van der Waals surface area contributed by atoms with Crippen LogP contribution < -0.4 is 4.74 Å². The van der Waals surface area contributed by atoms with Gasteiger partial charge in [-0.15, -0.1) is 0 Å². The van der Waals surface area contributed by atoms with E-state index in [1.165, 1.54) is 66.8 Å². The maximum atomic E-state index is 7.37. The van der Waals surface area contributed by atoms with Gasteiger partial charge in [-0.3, -0.25) is 0 Å². The largest absolute Gasteiger partial charge is 0.455 e. The topological polar surface area (TPSA) is 69.5 Å². The van der Waals surface area contributed by atoms with E-state index in [2.05, 4.69) is 225 Å². The van der Waals surface area contributed by atoms with Crippen LogP contribution in [0.3, 0.4) is 0 Å². The van der Waals surface area contributed by atoms with Crippen molar-refractivity contribution in [2.75, 3.05) is 0 Å². The Morgan fingerprint density at radius 2 is 0.879 bits per heavy atom. The number of aromatic nitrogens is 4. The van der Waals surface area contributed by atoms with Crippen molar-refractivity contribution in [1.29, 1.82) is 0 Å². The summed E-state index contributed by atoms with van der Waals surface area (Å²) in [5.74, 6) is 1.73. The summed E-state index contributed by atoms with van der Waals surface area (Å²) in [6.45, 7) is 31.7. The summed E-state index contributed by atoms with van der Waals surface area (Å²) in [6, 6.07) is 31.9. The highest BCUT2D eigenvalue weighted by molar-refractivity contribution is 9.10. The van der Waals surface area contributed by atoms with E-state index in [0.717, 1.165) is 82.7 Å². The van der Waals surface area contributed by atoms with Gasteiger partial charge in [0.2, 0.25) is 0 Å². The van der Waals surface area contributed by atoms with Crippen molar-refractivity contribution in [3.63, 3.8) is 0 Å². The zero-order valence-corrected chi connectivity index (χ0v) is 42.6. The maximum Gasteiger partial charge on any atom is 0.145 e. The van der Waals surface area contributed by atoms with E-state index in [-0.39, 0.29) is 16.2 Å². The average molecular weight is 934 g/mol. The molecule has 0 radical (unpaired) electrons. The number of nitrogens with zero attached hydrogens (tertiary/aromatic N) is 1. The van der Waals surface area contributed by atoms with Gasteiger partial charge < -0.3 is 19.7 Å². The Morgan fingerprint density at radius 1 is 0.470 bits per heavy atom. The number of hydrogen-bond donors (Lipinski definition) is 3. The van der Waals surface area contributed by atoms with Crippen molar-refractivity contribution in [3.05, 3.63) is 156 Å². The van der Waals surface area contributed by atoms with Crippen LogP contribution in [0.4, 0.5) is 0 Å². The van der Waals surface area contributed by atoms with Crippen LogP contribution >= 0.6 is 15.9 Å². The standard InChI is InChI=1S/C60H61BrN4O/c1-31-23-33(3)51(34(4)24-31)54-47-17-15-43(62-47)44-16-18-48(63-44)55(52-35(5)25-32(2)26-36(52)6)50-22-20-46(65-50)53(45-19-21-49(54)64-45)39-27-37(58(7,8)9)28-40-56(39)66-57-41(60(40,13)14)29-38(30-42(57)61)59(10,11)12/h15-30,62,64-65H,1-14H3. The summed E-state index contributed by atoms with van der Waals surface area (Å²) in [5.41, 5.74) is 26.1. The van der Waals surface area contributed by atoms with E-state index >= 15 is 0 Å². The minimum atomic E-state index is -0.389. The number of rotatable bonds is 3. The lowest BCUT2D eigenvalue weighted by atomic mass is 9.71. The molecule has 0 fully saturated rings. The molecule has 8 bridgehead atoms. The van der Waals surface area contributed by atoms with Crippen molar-refractivity contribution in [3.8, 4) is 44.9 Å². The van der Waals surface area contributed by atoms with Gasteiger partial charge in [0.05, 0.1) is 21.4 Å². The molecule has 4 aromatic heterocycles. The molecule has 0 saturated carbocycles. The number of ether oxygens (including phenoxy) is 1. The summed E-state index contributed by atoms with van der Waals surface area (Å²) in [5, 5.41) is 0. The zero-order chi connectivity index (χ0) is 46.9. The molecule has 0 unspecified atom stereocenters. The van der Waals surface area contributed by atoms with Crippen LogP contribution in [0.1, 0.15) is 122 Å². The van der Waals surface area contributed by atoms with Crippen LogP contribution in [0, 0.1) is 41.5 Å². The summed E-state index contributed by atoms with van der Waals surface area (Å²) in [4.78, 5) is 17.4. The highest BCUT2D eigenvalue weighted by Gasteiger charge is 2.39. The molecular formula is C60H61BrN4O. The molecule has 0 saturated heterocycles. The van der Waals surface area contributed by atoms with Gasteiger partial charge in [-0.2, -0.15) is 0 Å². The lowest BCUT2D eigenvalue weighted by Gasteiger charge is -2.38. The molecule has 334 valence electrons. The van der Waals surface area contributed by atoms with Gasteiger partial charge in [-0.25, -0.2) is 4.98 Å². The minimum absolute atomic E-state index is 0.0401. The second-order valence-corrected chi connectivity index (χ2v) is 22.6. The fourth-order valence-electron chi connectivity index (χ4n) is 10.8. The van der Waals surface area contributed by atoms with Crippen LogP contribution in [-0.2, 0) is 16.2 Å². The SMILES string of the molecule is Cc1cc(C)c(-c2c3nc(c4ccc([nH]4)c(-c4c(C)cc(C)cc4C)c4ccc([nH]4)c(-c4cc(C(C)(C)C)cc5c4Oc4c(Br)cc(C(C)(C)C)cc4C5(C)C)c4ccc2[nH]4)C=C3)c(C)c1. The molecule has 2 aliphatic rings. The smallest absolute Gasteiger partial charge is 0.145 e. The Hall–Kier alpha value is -6.11. The fraction of sp³-hybridized carbons (Fsp3) is 0.283. The number of benzene rings is 4. The van der Waals surface area contributed by atoms with Gasteiger partial charge in [0.25, 0.3) is 0 Å². The Bertz CT molecular complexity index is 3470. The molecule has 5 nitrogen and oxygen atoms in total. The first-order valence-electron chi connectivity index (χ1n) is 23.3. The van der Waals surface area contributed by atoms with E-state index in [1.54, 1.807) is 0 Å². The van der Waals surface area contributed by atoms with E-state index in [9.17, 15) is 0 Å². The van der Waals surface area contributed by atoms with Crippen molar-refractivity contribution >= 4 is 61.2 Å². The number of nitrogens with one attached hydrogen (secondary N) is 3. The van der Waals surface area contributed by atoms with Crippen molar-refractivity contribution in [2.24, 2.45) is 0 Å². The summed E-state index contributed by atoms with van der Waals surface area (Å²) in [7, 11) is 0. The quantitative estimate of drug-likeness (QED) is 0.165. The van der Waals surface area contributed by atoms with Gasteiger partial charge in [0, 0.05) is 66.4 Å². The lowest BCUT2D eigenvalue weighted by molar-refractivity contribution is 0.414. The molecule has 0 aliphatic carbocycles. The number of aromatic amines is 3. The van der Waals surface area contributed by atoms with Crippen LogP contribution in [0.15, 0.2) is 89.4 Å². The number of hydrogen-bond acceptors (Lipinski definition) is 2. The molecule has 0 amide bonds. The maximum absolute atomic E-state index is 7.37. The molecule has 6 heterocycles. The third kappa shape index (κ3) is 7.15. The molecule has 10 rings (SSSR count). The summed E-state index contributed by atoms with van der Waals surface area (Å²) >= 11 is 4.02. The first-order valence-corrected chi connectivity index (χ1v) is 24.1. The molecule has 0 spiro atoms. The third-order valence-electron chi connectivity index (χ3n) is 14.1. The first kappa shape index (κ1) is 43.8. The van der Waals surface area contributed by atoms with Crippen molar-refractivity contribution in [1.82, 2.24) is 19.9 Å². The summed E-state index contributed by atoms with van der Waals surface area (Å²) < 4.78 is 8.33. The third-order valence-corrected chi connectivity index (χ3v) is 14.7. The van der Waals surface area contributed by atoms with E-state index in [1.807, 2.05) is 0 Å². The van der Waals surface area contributed by atoms with Crippen molar-refractivity contribution < 1.29 is 4.74 Å². The second-order valence-electron chi connectivity index (χ2n) is 21.7. The molecule has 3 N–H and O–H groups in total. The number of H-pyrrole nitrogens is 3. The Balaban J connectivity index is 1.40. The highest BCUT2D eigenvalue weighted by Crippen LogP contribution is 2.56. The lowest BCUT2D eigenvalue weighted by Crippen LogP contribution is -2.27. The monoisotopic (exact) mass is 932 g/mol. The van der Waals surface area contributed by atoms with Gasteiger partial charge in [0.15, 0.2) is 0 Å². The Morgan fingerprint density at radius 3 is 1.39 bits per heavy atom. The first-order chi connectivity index (χ1) is 31.1. The number of halogens is 1. The molecule has 0 atom stereocenters. The normalized spacial score (nSPS) is 13.9. The number of fused-ring (bicyclic) bond motifs is 11. The molecule has 8 aromatic rings. The molecular weight excluding hydrogens is 873 g/mol. The zero-order valence-electron chi connectivity index (χ0n) is 41.0. The molecule has 66 heavy (non-hydrogen) atoms.